The molecule has 0 radical (unpaired) electrons. The summed E-state index contributed by atoms with van der Waals surface area (Å²) in [6, 6.07) is 8.54. The number of oxazole rings is 1. The predicted molar refractivity (Wildman–Crippen MR) is 103 cm³/mol. The molecule has 1 amide bonds. The Labute approximate surface area is 165 Å². The number of nitrogens with zero attached hydrogens (tertiary/aromatic N) is 2. The van der Waals surface area contributed by atoms with Crippen molar-refractivity contribution in [2.75, 3.05) is 39.5 Å². The minimum absolute atomic E-state index is 0.0887. The van der Waals surface area contributed by atoms with E-state index in [1.807, 2.05) is 0 Å². The van der Waals surface area contributed by atoms with Crippen molar-refractivity contribution in [1.82, 2.24) is 15.2 Å². The molecule has 2 unspecified atom stereocenters. The van der Waals surface area contributed by atoms with Crippen LogP contribution in [0.2, 0.25) is 0 Å². The fourth-order valence-corrected chi connectivity index (χ4v) is 3.94. The Morgan fingerprint density at radius 3 is 2.93 bits per heavy atom. The number of carbonyl (C=O) groups excluding carboxylic acids is 1. The van der Waals surface area contributed by atoms with E-state index in [4.69, 9.17) is 13.9 Å². The molecule has 28 heavy (non-hydrogen) atoms. The third-order valence-electron chi connectivity index (χ3n) is 5.40. The van der Waals surface area contributed by atoms with Crippen molar-refractivity contribution in [3.8, 4) is 0 Å². The van der Waals surface area contributed by atoms with Gasteiger partial charge in [-0.25, -0.2) is 4.98 Å². The lowest BCUT2D eigenvalue weighted by Gasteiger charge is -2.35. The molecule has 0 saturated carbocycles. The number of benzene rings is 1. The monoisotopic (exact) mass is 385 g/mol. The van der Waals surface area contributed by atoms with E-state index in [9.17, 15) is 4.79 Å². The van der Waals surface area contributed by atoms with Crippen LogP contribution in [0.1, 0.15) is 52.4 Å². The highest BCUT2D eigenvalue weighted by molar-refractivity contribution is 5.93. The lowest BCUT2D eigenvalue weighted by molar-refractivity contribution is 0.0162. The topological polar surface area (TPSA) is 76.8 Å². The molecule has 1 aromatic heterocycles. The van der Waals surface area contributed by atoms with Crippen molar-refractivity contribution in [3.63, 3.8) is 0 Å². The second kappa shape index (κ2) is 8.86. The van der Waals surface area contributed by atoms with E-state index < -0.39 is 0 Å². The molecule has 7 nitrogen and oxygen atoms in total. The molecule has 2 aliphatic rings. The van der Waals surface area contributed by atoms with Gasteiger partial charge in [0, 0.05) is 26.2 Å². The summed E-state index contributed by atoms with van der Waals surface area (Å²) < 4.78 is 16.6. The van der Waals surface area contributed by atoms with E-state index in [-0.39, 0.29) is 18.1 Å². The van der Waals surface area contributed by atoms with Crippen molar-refractivity contribution in [2.45, 2.75) is 31.9 Å². The fraction of sp³-hybridized carbons (Fsp3) is 0.524. The molecule has 2 atom stereocenters. The van der Waals surface area contributed by atoms with E-state index >= 15 is 0 Å². The lowest BCUT2D eigenvalue weighted by Crippen LogP contribution is -2.44. The van der Waals surface area contributed by atoms with E-state index in [1.165, 1.54) is 17.5 Å². The maximum absolute atomic E-state index is 12.8. The summed E-state index contributed by atoms with van der Waals surface area (Å²) in [6.07, 6.45) is 2.98. The van der Waals surface area contributed by atoms with Crippen LogP contribution < -0.4 is 5.32 Å². The molecular formula is C21H27N3O4. The SMILES string of the molecule is Cc1cccc(C(CNC(=O)c2ncoc2C2CCCO2)N2CCOCC2)c1. The first-order valence-corrected chi connectivity index (χ1v) is 9.94. The van der Waals surface area contributed by atoms with Gasteiger partial charge < -0.3 is 19.2 Å². The van der Waals surface area contributed by atoms with E-state index in [1.54, 1.807) is 0 Å². The van der Waals surface area contributed by atoms with Gasteiger partial charge in [0.05, 0.1) is 19.3 Å². The number of morpholine rings is 1. The molecule has 0 aliphatic carbocycles. The number of hydrogen-bond acceptors (Lipinski definition) is 6. The third-order valence-corrected chi connectivity index (χ3v) is 5.40. The first-order chi connectivity index (χ1) is 13.7. The van der Waals surface area contributed by atoms with E-state index in [2.05, 4.69) is 46.4 Å². The van der Waals surface area contributed by atoms with Crippen LogP contribution in [0.3, 0.4) is 0 Å². The molecule has 3 heterocycles. The number of ether oxygens (including phenoxy) is 2. The Morgan fingerprint density at radius 1 is 1.32 bits per heavy atom. The number of aromatic nitrogens is 1. The Bertz CT molecular complexity index is 794. The molecule has 0 spiro atoms. The molecule has 4 rings (SSSR count). The highest BCUT2D eigenvalue weighted by Gasteiger charge is 2.29. The smallest absolute Gasteiger partial charge is 0.273 e. The summed E-state index contributed by atoms with van der Waals surface area (Å²) in [7, 11) is 0. The normalized spacial score (nSPS) is 21.5. The first-order valence-electron chi connectivity index (χ1n) is 9.94. The third kappa shape index (κ3) is 4.27. The Morgan fingerprint density at radius 2 is 2.18 bits per heavy atom. The maximum Gasteiger partial charge on any atom is 0.273 e. The molecule has 1 N–H and O–H groups in total. The Hall–Kier alpha value is -2.22. The summed E-state index contributed by atoms with van der Waals surface area (Å²) in [5.74, 6) is 0.318. The lowest BCUT2D eigenvalue weighted by atomic mass is 10.0. The van der Waals surface area contributed by atoms with Gasteiger partial charge in [0.2, 0.25) is 0 Å². The molecule has 2 saturated heterocycles. The molecule has 2 aromatic rings. The van der Waals surface area contributed by atoms with Crippen molar-refractivity contribution in [2.24, 2.45) is 0 Å². The van der Waals surface area contributed by atoms with Gasteiger partial charge in [-0.3, -0.25) is 9.69 Å². The zero-order valence-electron chi connectivity index (χ0n) is 16.2. The van der Waals surface area contributed by atoms with Gasteiger partial charge in [-0.05, 0) is 25.3 Å². The van der Waals surface area contributed by atoms with Crippen LogP contribution in [0.15, 0.2) is 35.1 Å². The number of hydrogen-bond donors (Lipinski definition) is 1. The van der Waals surface area contributed by atoms with Crippen molar-refractivity contribution >= 4 is 5.91 Å². The van der Waals surface area contributed by atoms with Crippen molar-refractivity contribution < 1.29 is 18.7 Å². The Balaban J connectivity index is 1.48. The minimum atomic E-state index is -0.217. The van der Waals surface area contributed by atoms with Crippen LogP contribution in [-0.2, 0) is 9.47 Å². The highest BCUT2D eigenvalue weighted by atomic mass is 16.5. The van der Waals surface area contributed by atoms with E-state index in [0.717, 1.165) is 25.9 Å². The van der Waals surface area contributed by atoms with E-state index in [0.29, 0.717) is 37.8 Å². The van der Waals surface area contributed by atoms with Crippen molar-refractivity contribution in [1.29, 1.82) is 0 Å². The van der Waals surface area contributed by atoms with Gasteiger partial charge in [0.25, 0.3) is 5.91 Å². The summed E-state index contributed by atoms with van der Waals surface area (Å²) in [4.78, 5) is 19.3. The Kier molecular flexibility index (Phi) is 6.04. The van der Waals surface area contributed by atoms with Gasteiger partial charge >= 0.3 is 0 Å². The van der Waals surface area contributed by atoms with Gasteiger partial charge in [-0.2, -0.15) is 0 Å². The van der Waals surface area contributed by atoms with Crippen LogP contribution in [0.25, 0.3) is 0 Å². The molecule has 0 bridgehead atoms. The highest BCUT2D eigenvalue weighted by Crippen LogP contribution is 2.30. The van der Waals surface area contributed by atoms with Crippen LogP contribution >= 0.6 is 0 Å². The van der Waals surface area contributed by atoms with Gasteiger partial charge in [-0.15, -0.1) is 0 Å². The number of amides is 1. The molecule has 2 fully saturated rings. The summed E-state index contributed by atoms with van der Waals surface area (Å²) in [5, 5.41) is 3.06. The van der Waals surface area contributed by atoms with Gasteiger partial charge in [0.1, 0.15) is 6.10 Å². The zero-order valence-corrected chi connectivity index (χ0v) is 16.2. The molecule has 7 heteroatoms. The largest absolute Gasteiger partial charge is 0.445 e. The zero-order chi connectivity index (χ0) is 19.3. The standard InChI is InChI=1S/C21H27N3O4/c1-15-4-2-5-16(12-15)17(24-7-10-26-11-8-24)13-22-21(25)19-20(28-14-23-19)18-6-3-9-27-18/h2,4-5,12,14,17-18H,3,6-11,13H2,1H3,(H,22,25). The molecule has 150 valence electrons. The van der Waals surface area contributed by atoms with Crippen LogP contribution in [-0.4, -0.2) is 55.2 Å². The summed E-state index contributed by atoms with van der Waals surface area (Å²) >= 11 is 0. The maximum atomic E-state index is 12.8. The van der Waals surface area contributed by atoms with Gasteiger partial charge in [-0.1, -0.05) is 29.8 Å². The van der Waals surface area contributed by atoms with Gasteiger partial charge in [0.15, 0.2) is 17.8 Å². The minimum Gasteiger partial charge on any atom is -0.445 e. The predicted octanol–water partition coefficient (Wildman–Crippen LogP) is 2.64. The van der Waals surface area contributed by atoms with Crippen LogP contribution in [0.4, 0.5) is 0 Å². The average molecular weight is 385 g/mol. The van der Waals surface area contributed by atoms with Crippen LogP contribution in [0.5, 0.6) is 0 Å². The number of rotatable bonds is 6. The molecular weight excluding hydrogens is 358 g/mol. The fourth-order valence-electron chi connectivity index (χ4n) is 3.94. The van der Waals surface area contributed by atoms with Crippen LogP contribution in [0, 0.1) is 6.92 Å². The second-order valence-electron chi connectivity index (χ2n) is 7.36. The second-order valence-corrected chi connectivity index (χ2v) is 7.36. The average Bonchev–Trinajstić information content (AvgIpc) is 3.40. The number of nitrogens with one attached hydrogen (secondary N) is 1. The first kappa shape index (κ1) is 19.1. The molecule has 1 aromatic carbocycles. The summed E-state index contributed by atoms with van der Waals surface area (Å²) in [5.41, 5.74) is 2.73. The quantitative estimate of drug-likeness (QED) is 0.824. The molecule has 2 aliphatic heterocycles. The number of aryl methyl sites for hydroxylation is 1. The summed E-state index contributed by atoms with van der Waals surface area (Å²) in [6.45, 7) is 6.39. The van der Waals surface area contributed by atoms with Crippen molar-refractivity contribution in [3.05, 3.63) is 53.2 Å². The number of carbonyl (C=O) groups is 1.